The van der Waals surface area contributed by atoms with Gasteiger partial charge in [0.15, 0.2) is 0 Å². The summed E-state index contributed by atoms with van der Waals surface area (Å²) in [6, 6.07) is 16.3. The highest BCUT2D eigenvalue weighted by Gasteiger charge is 2.39. The normalized spacial score (nSPS) is 15.8. The Labute approximate surface area is 210 Å². The molecule has 0 saturated heterocycles. The summed E-state index contributed by atoms with van der Waals surface area (Å²) >= 11 is 1.56. The second kappa shape index (κ2) is 11.2. The van der Waals surface area contributed by atoms with Crippen molar-refractivity contribution in [2.24, 2.45) is 0 Å². The van der Waals surface area contributed by atoms with Crippen molar-refractivity contribution in [2.75, 3.05) is 31.7 Å². The van der Waals surface area contributed by atoms with Crippen LogP contribution < -0.4 is 5.32 Å². The lowest BCUT2D eigenvalue weighted by atomic mass is 9.92. The molecule has 0 heterocycles. The zero-order chi connectivity index (χ0) is 24.8. The van der Waals surface area contributed by atoms with Crippen LogP contribution >= 0.6 is 11.8 Å². The van der Waals surface area contributed by atoms with E-state index in [1.807, 2.05) is 30.5 Å². The number of hydrogen-bond donors (Lipinski definition) is 2. The molecule has 186 valence electrons. The summed E-state index contributed by atoms with van der Waals surface area (Å²) in [5.74, 6) is -0.662. The molecule has 0 aromatic heterocycles. The van der Waals surface area contributed by atoms with Crippen molar-refractivity contribution in [2.45, 2.75) is 43.6 Å². The molecule has 2 N–H and O–H groups in total. The van der Waals surface area contributed by atoms with E-state index < -0.39 is 17.6 Å². The second-order valence-corrected chi connectivity index (χ2v) is 10.3. The van der Waals surface area contributed by atoms with Crippen LogP contribution in [-0.2, 0) is 14.3 Å². The van der Waals surface area contributed by atoms with Crippen LogP contribution in [0.15, 0.2) is 48.5 Å². The van der Waals surface area contributed by atoms with Crippen LogP contribution in [0.25, 0.3) is 11.1 Å². The molecule has 1 fully saturated rings. The van der Waals surface area contributed by atoms with Gasteiger partial charge in [-0.2, -0.15) is 11.8 Å². The van der Waals surface area contributed by atoms with Gasteiger partial charge in [0.05, 0.1) is 12.0 Å². The van der Waals surface area contributed by atoms with Gasteiger partial charge in [0, 0.05) is 18.2 Å². The molecular formula is C27H32N2O5S. The number of amides is 2. The van der Waals surface area contributed by atoms with Gasteiger partial charge < -0.3 is 20.1 Å². The Morgan fingerprint density at radius 3 is 2.23 bits per heavy atom. The number of rotatable bonds is 10. The number of carboxylic acid groups (broad SMARTS) is 1. The van der Waals surface area contributed by atoms with Crippen molar-refractivity contribution >= 4 is 29.7 Å². The van der Waals surface area contributed by atoms with E-state index in [0.717, 1.165) is 24.0 Å². The zero-order valence-electron chi connectivity index (χ0n) is 20.0. The summed E-state index contributed by atoms with van der Waals surface area (Å²) in [4.78, 5) is 38.6. The SMILES string of the molecule is CSCCN(CC(=O)O)C(=O)CC1(NC(=O)OCC2c3ccccc3-c3ccccc32)CCCC1. The van der Waals surface area contributed by atoms with Gasteiger partial charge in [0.2, 0.25) is 5.91 Å². The predicted octanol–water partition coefficient (Wildman–Crippen LogP) is 4.50. The summed E-state index contributed by atoms with van der Waals surface area (Å²) in [5, 5.41) is 12.2. The molecule has 7 nitrogen and oxygen atoms in total. The number of aliphatic carboxylic acids is 1. The summed E-state index contributed by atoms with van der Waals surface area (Å²) in [7, 11) is 0. The van der Waals surface area contributed by atoms with E-state index in [1.165, 1.54) is 16.0 Å². The van der Waals surface area contributed by atoms with E-state index in [9.17, 15) is 19.5 Å². The first-order valence-electron chi connectivity index (χ1n) is 12.0. The van der Waals surface area contributed by atoms with Gasteiger partial charge in [0.1, 0.15) is 13.2 Å². The Hall–Kier alpha value is -3.00. The number of carbonyl (C=O) groups is 3. The molecule has 2 aromatic rings. The molecule has 1 saturated carbocycles. The Kier molecular flexibility index (Phi) is 8.00. The summed E-state index contributed by atoms with van der Waals surface area (Å²) < 4.78 is 5.73. The fourth-order valence-electron chi connectivity index (χ4n) is 5.31. The first-order valence-corrected chi connectivity index (χ1v) is 13.4. The molecule has 4 rings (SSSR count). The molecule has 2 amide bonds. The van der Waals surface area contributed by atoms with Crippen LogP contribution in [0.3, 0.4) is 0 Å². The minimum Gasteiger partial charge on any atom is -0.480 e. The van der Waals surface area contributed by atoms with Crippen LogP contribution in [-0.4, -0.2) is 65.2 Å². The number of fused-ring (bicyclic) bond motifs is 3. The number of alkyl carbamates (subject to hydrolysis) is 1. The third-order valence-electron chi connectivity index (χ3n) is 7.01. The largest absolute Gasteiger partial charge is 0.480 e. The van der Waals surface area contributed by atoms with Gasteiger partial charge in [-0.3, -0.25) is 9.59 Å². The Morgan fingerprint density at radius 2 is 1.66 bits per heavy atom. The Balaban J connectivity index is 1.41. The maximum atomic E-state index is 13.0. The van der Waals surface area contributed by atoms with Crippen LogP contribution in [0, 0.1) is 0 Å². The van der Waals surface area contributed by atoms with E-state index in [2.05, 4.69) is 29.6 Å². The lowest BCUT2D eigenvalue weighted by Gasteiger charge is -2.32. The highest BCUT2D eigenvalue weighted by Crippen LogP contribution is 2.44. The van der Waals surface area contributed by atoms with E-state index >= 15 is 0 Å². The van der Waals surface area contributed by atoms with Crippen molar-refractivity contribution in [3.05, 3.63) is 59.7 Å². The molecule has 2 aromatic carbocycles. The molecule has 35 heavy (non-hydrogen) atoms. The average molecular weight is 497 g/mol. The lowest BCUT2D eigenvalue weighted by Crippen LogP contribution is -2.51. The van der Waals surface area contributed by atoms with Crippen molar-refractivity contribution in [3.63, 3.8) is 0 Å². The highest BCUT2D eigenvalue weighted by atomic mass is 32.2. The first kappa shape index (κ1) is 25.1. The van der Waals surface area contributed by atoms with Crippen LogP contribution in [0.1, 0.15) is 49.1 Å². The third kappa shape index (κ3) is 5.81. The molecule has 2 aliphatic rings. The van der Waals surface area contributed by atoms with Crippen molar-refractivity contribution in [1.29, 1.82) is 0 Å². The maximum Gasteiger partial charge on any atom is 0.407 e. The van der Waals surface area contributed by atoms with Crippen molar-refractivity contribution in [3.8, 4) is 11.1 Å². The molecule has 0 radical (unpaired) electrons. The van der Waals surface area contributed by atoms with E-state index in [-0.39, 0.29) is 31.4 Å². The van der Waals surface area contributed by atoms with Gasteiger partial charge in [0.25, 0.3) is 0 Å². The topological polar surface area (TPSA) is 95.9 Å². The summed E-state index contributed by atoms with van der Waals surface area (Å²) in [6.07, 6.45) is 4.62. The number of benzene rings is 2. The van der Waals surface area contributed by atoms with E-state index in [4.69, 9.17) is 4.74 Å². The molecule has 8 heteroatoms. The molecule has 0 spiro atoms. The van der Waals surface area contributed by atoms with E-state index in [0.29, 0.717) is 25.1 Å². The molecule has 0 aliphatic heterocycles. The van der Waals surface area contributed by atoms with Gasteiger partial charge >= 0.3 is 12.1 Å². The minimum absolute atomic E-state index is 0.0353. The van der Waals surface area contributed by atoms with Crippen LogP contribution in [0.4, 0.5) is 4.79 Å². The number of hydrogen-bond acceptors (Lipinski definition) is 5. The van der Waals surface area contributed by atoms with Gasteiger partial charge in [-0.1, -0.05) is 61.4 Å². The molecule has 0 bridgehead atoms. The fourth-order valence-corrected chi connectivity index (χ4v) is 5.71. The second-order valence-electron chi connectivity index (χ2n) is 9.32. The number of nitrogens with zero attached hydrogens (tertiary/aromatic N) is 1. The lowest BCUT2D eigenvalue weighted by molar-refractivity contribution is -0.144. The van der Waals surface area contributed by atoms with Gasteiger partial charge in [-0.05, 0) is 41.4 Å². The highest BCUT2D eigenvalue weighted by molar-refractivity contribution is 7.98. The van der Waals surface area contributed by atoms with Gasteiger partial charge in [-0.15, -0.1) is 0 Å². The minimum atomic E-state index is -1.04. The molecule has 0 unspecified atom stereocenters. The molecule has 2 aliphatic carbocycles. The fraction of sp³-hybridized carbons (Fsp3) is 0.444. The summed E-state index contributed by atoms with van der Waals surface area (Å²) in [6.45, 7) is 0.247. The molecular weight excluding hydrogens is 464 g/mol. The standard InChI is InChI=1S/C27H32N2O5S/c1-35-15-14-29(17-25(31)32)24(30)16-27(12-6-7-13-27)28-26(33)34-18-23-21-10-4-2-8-19(21)20-9-3-5-11-22(20)23/h2-5,8-11,23H,6-7,12-18H2,1H3,(H,28,33)(H,31,32). The number of ether oxygens (including phenoxy) is 1. The quantitative estimate of drug-likeness (QED) is 0.503. The number of carboxylic acids is 1. The van der Waals surface area contributed by atoms with Crippen molar-refractivity contribution in [1.82, 2.24) is 10.2 Å². The zero-order valence-corrected chi connectivity index (χ0v) is 20.8. The predicted molar refractivity (Wildman–Crippen MR) is 137 cm³/mol. The Morgan fingerprint density at radius 1 is 1.06 bits per heavy atom. The van der Waals surface area contributed by atoms with Crippen LogP contribution in [0.5, 0.6) is 0 Å². The van der Waals surface area contributed by atoms with Crippen LogP contribution in [0.2, 0.25) is 0 Å². The van der Waals surface area contributed by atoms with Crippen molar-refractivity contribution < 1.29 is 24.2 Å². The van der Waals surface area contributed by atoms with E-state index in [1.54, 1.807) is 11.8 Å². The first-order chi connectivity index (χ1) is 16.9. The number of carbonyl (C=O) groups excluding carboxylic acids is 2. The van der Waals surface area contributed by atoms with Gasteiger partial charge in [-0.25, -0.2) is 4.79 Å². The number of nitrogens with one attached hydrogen (secondary N) is 1. The maximum absolute atomic E-state index is 13.0. The summed E-state index contributed by atoms with van der Waals surface area (Å²) in [5.41, 5.74) is 3.92. The molecule has 0 atom stereocenters. The smallest absolute Gasteiger partial charge is 0.407 e. The number of thioether (sulfide) groups is 1. The monoisotopic (exact) mass is 496 g/mol. The Bertz CT molecular complexity index is 1040. The third-order valence-corrected chi connectivity index (χ3v) is 7.60. The average Bonchev–Trinajstić information content (AvgIpc) is 3.42.